The van der Waals surface area contributed by atoms with E-state index in [1.807, 2.05) is 13.1 Å². The van der Waals surface area contributed by atoms with Crippen molar-refractivity contribution in [3.05, 3.63) is 17.5 Å². The lowest BCUT2D eigenvalue weighted by atomic mass is 10.1. The van der Waals surface area contributed by atoms with Crippen LogP contribution >= 0.6 is 0 Å². The summed E-state index contributed by atoms with van der Waals surface area (Å²) >= 11 is 0. The van der Waals surface area contributed by atoms with E-state index in [0.717, 1.165) is 37.4 Å². The van der Waals surface area contributed by atoms with E-state index in [4.69, 9.17) is 9.47 Å². The smallest absolute Gasteiger partial charge is 0.316 e. The largest absolute Gasteiger partial charge is 0.463 e. The summed E-state index contributed by atoms with van der Waals surface area (Å²) in [6.07, 6.45) is 2.91. The molecule has 0 spiro atoms. The predicted molar refractivity (Wildman–Crippen MR) is 73.2 cm³/mol. The van der Waals surface area contributed by atoms with Gasteiger partial charge in [-0.1, -0.05) is 13.8 Å². The zero-order valence-electron chi connectivity index (χ0n) is 12.0. The van der Waals surface area contributed by atoms with Crippen LogP contribution in [0.2, 0.25) is 0 Å². The van der Waals surface area contributed by atoms with Gasteiger partial charge in [0.25, 0.3) is 0 Å². The molecule has 1 aromatic heterocycles. The highest BCUT2D eigenvalue weighted by Gasteiger charge is 2.17. The lowest BCUT2D eigenvalue weighted by molar-refractivity contribution is 0.163. The Balaban J connectivity index is 1.86. The van der Waals surface area contributed by atoms with Gasteiger partial charge in [-0.15, -0.1) is 0 Å². The molecule has 0 amide bonds. The maximum atomic E-state index is 5.63. The predicted octanol–water partition coefficient (Wildman–Crippen LogP) is 1.70. The number of aryl methyl sites for hydroxylation is 1. The Hall–Kier alpha value is -1.20. The van der Waals surface area contributed by atoms with Crippen molar-refractivity contribution in [1.82, 2.24) is 15.3 Å². The topological polar surface area (TPSA) is 56.3 Å². The molecule has 2 rings (SSSR count). The van der Waals surface area contributed by atoms with Crippen LogP contribution in [0, 0.1) is 12.8 Å². The summed E-state index contributed by atoms with van der Waals surface area (Å²) in [5.74, 6) is 0.478. The minimum Gasteiger partial charge on any atom is -0.463 e. The van der Waals surface area contributed by atoms with E-state index < -0.39 is 0 Å². The second-order valence-corrected chi connectivity index (χ2v) is 5.34. The molecule has 1 aromatic rings. The van der Waals surface area contributed by atoms with Crippen LogP contribution in [0.4, 0.5) is 0 Å². The number of nitrogens with zero attached hydrogens (tertiary/aromatic N) is 2. The molecule has 19 heavy (non-hydrogen) atoms. The van der Waals surface area contributed by atoms with Crippen molar-refractivity contribution < 1.29 is 9.47 Å². The summed E-state index contributed by atoms with van der Waals surface area (Å²) in [4.78, 5) is 8.66. The fraction of sp³-hybridized carbons (Fsp3) is 0.714. The third-order valence-corrected chi connectivity index (χ3v) is 3.23. The Kier molecular flexibility index (Phi) is 5.10. The number of hydrogen-bond acceptors (Lipinski definition) is 5. The highest BCUT2D eigenvalue weighted by Crippen LogP contribution is 2.14. The van der Waals surface area contributed by atoms with Crippen LogP contribution in [0.25, 0.3) is 0 Å². The summed E-state index contributed by atoms with van der Waals surface area (Å²) in [6.45, 7) is 9.30. The number of ether oxygens (including phenoxy) is 2. The SMILES string of the molecule is Cc1nc(OCC2CCOC2)ncc1CNC(C)C. The molecule has 0 radical (unpaired) electrons. The Bertz CT molecular complexity index is 404. The van der Waals surface area contributed by atoms with Gasteiger partial charge in [0.2, 0.25) is 0 Å². The Morgan fingerprint density at radius 1 is 1.53 bits per heavy atom. The van der Waals surface area contributed by atoms with Crippen LogP contribution in [0.15, 0.2) is 6.20 Å². The van der Waals surface area contributed by atoms with Gasteiger partial charge in [0.15, 0.2) is 0 Å². The monoisotopic (exact) mass is 265 g/mol. The van der Waals surface area contributed by atoms with Gasteiger partial charge < -0.3 is 14.8 Å². The van der Waals surface area contributed by atoms with Crippen LogP contribution < -0.4 is 10.1 Å². The molecule has 1 aliphatic rings. The molecule has 5 nitrogen and oxygen atoms in total. The van der Waals surface area contributed by atoms with Gasteiger partial charge in [-0.2, -0.15) is 0 Å². The molecular formula is C14H23N3O2. The molecule has 1 unspecified atom stereocenters. The van der Waals surface area contributed by atoms with Crippen molar-refractivity contribution in [2.45, 2.75) is 39.8 Å². The number of hydrogen-bond donors (Lipinski definition) is 1. The molecule has 1 saturated heterocycles. The van der Waals surface area contributed by atoms with Crippen LogP contribution in [0.3, 0.4) is 0 Å². The first-order valence-corrected chi connectivity index (χ1v) is 6.91. The quantitative estimate of drug-likeness (QED) is 0.848. The van der Waals surface area contributed by atoms with Crippen molar-refractivity contribution in [3.63, 3.8) is 0 Å². The molecule has 106 valence electrons. The Morgan fingerprint density at radius 2 is 2.37 bits per heavy atom. The zero-order valence-corrected chi connectivity index (χ0v) is 12.0. The first kappa shape index (κ1) is 14.2. The van der Waals surface area contributed by atoms with Gasteiger partial charge in [0, 0.05) is 42.6 Å². The van der Waals surface area contributed by atoms with Gasteiger partial charge in [-0.3, -0.25) is 0 Å². The molecule has 0 aliphatic carbocycles. The van der Waals surface area contributed by atoms with Crippen molar-refractivity contribution in [1.29, 1.82) is 0 Å². The summed E-state index contributed by atoms with van der Waals surface area (Å²) in [5.41, 5.74) is 2.09. The fourth-order valence-electron chi connectivity index (χ4n) is 1.94. The second-order valence-electron chi connectivity index (χ2n) is 5.34. The lowest BCUT2D eigenvalue weighted by Crippen LogP contribution is -2.22. The van der Waals surface area contributed by atoms with E-state index in [0.29, 0.717) is 24.6 Å². The van der Waals surface area contributed by atoms with Gasteiger partial charge in [-0.25, -0.2) is 9.97 Å². The standard InChI is InChI=1S/C14H23N3O2/c1-10(2)15-6-13-7-16-14(17-11(13)3)19-9-12-4-5-18-8-12/h7,10,12,15H,4-6,8-9H2,1-3H3. The highest BCUT2D eigenvalue weighted by molar-refractivity contribution is 5.17. The van der Waals surface area contributed by atoms with E-state index in [1.54, 1.807) is 0 Å². The van der Waals surface area contributed by atoms with Gasteiger partial charge >= 0.3 is 6.01 Å². The van der Waals surface area contributed by atoms with E-state index in [2.05, 4.69) is 29.1 Å². The molecule has 1 N–H and O–H groups in total. The van der Waals surface area contributed by atoms with E-state index in [-0.39, 0.29) is 0 Å². The van der Waals surface area contributed by atoms with Crippen LogP contribution in [0.1, 0.15) is 31.5 Å². The summed E-state index contributed by atoms with van der Waals surface area (Å²) in [6, 6.07) is 0.926. The van der Waals surface area contributed by atoms with Gasteiger partial charge in [0.1, 0.15) is 0 Å². The maximum Gasteiger partial charge on any atom is 0.316 e. The third-order valence-electron chi connectivity index (χ3n) is 3.23. The minimum absolute atomic E-state index is 0.456. The normalized spacial score (nSPS) is 19.1. The van der Waals surface area contributed by atoms with Crippen molar-refractivity contribution in [3.8, 4) is 6.01 Å². The Morgan fingerprint density at radius 3 is 3.00 bits per heavy atom. The van der Waals surface area contributed by atoms with Gasteiger partial charge in [-0.05, 0) is 13.3 Å². The summed E-state index contributed by atoms with van der Waals surface area (Å²) in [7, 11) is 0. The summed E-state index contributed by atoms with van der Waals surface area (Å²) < 4.78 is 10.9. The number of rotatable bonds is 6. The molecule has 1 aliphatic heterocycles. The van der Waals surface area contributed by atoms with Crippen LogP contribution in [-0.2, 0) is 11.3 Å². The average molecular weight is 265 g/mol. The number of nitrogens with one attached hydrogen (secondary N) is 1. The van der Waals surface area contributed by atoms with Crippen molar-refractivity contribution in [2.24, 2.45) is 5.92 Å². The average Bonchev–Trinajstić information content (AvgIpc) is 2.88. The van der Waals surface area contributed by atoms with E-state index in [1.165, 1.54) is 0 Å². The molecule has 0 bridgehead atoms. The molecule has 0 aromatic carbocycles. The van der Waals surface area contributed by atoms with E-state index in [9.17, 15) is 0 Å². The summed E-state index contributed by atoms with van der Waals surface area (Å²) in [5, 5.41) is 3.36. The minimum atomic E-state index is 0.456. The lowest BCUT2D eigenvalue weighted by Gasteiger charge is -2.12. The Labute approximate surface area is 114 Å². The van der Waals surface area contributed by atoms with Crippen molar-refractivity contribution in [2.75, 3.05) is 19.8 Å². The fourth-order valence-corrected chi connectivity index (χ4v) is 1.94. The van der Waals surface area contributed by atoms with Crippen LogP contribution in [-0.4, -0.2) is 35.8 Å². The third kappa shape index (κ3) is 4.44. The van der Waals surface area contributed by atoms with Gasteiger partial charge in [0.05, 0.1) is 13.2 Å². The molecule has 5 heteroatoms. The number of aromatic nitrogens is 2. The second kappa shape index (κ2) is 6.82. The molecule has 1 fully saturated rings. The first-order chi connectivity index (χ1) is 9.15. The molecular weight excluding hydrogens is 242 g/mol. The van der Waals surface area contributed by atoms with Crippen LogP contribution in [0.5, 0.6) is 6.01 Å². The highest BCUT2D eigenvalue weighted by atomic mass is 16.5. The molecule has 1 atom stereocenters. The first-order valence-electron chi connectivity index (χ1n) is 6.91. The zero-order chi connectivity index (χ0) is 13.7. The molecule has 0 saturated carbocycles. The van der Waals surface area contributed by atoms with E-state index >= 15 is 0 Å². The molecule has 2 heterocycles. The van der Waals surface area contributed by atoms with Crippen molar-refractivity contribution >= 4 is 0 Å². The maximum absolute atomic E-state index is 5.63.